The fourth-order valence-corrected chi connectivity index (χ4v) is 5.66. The number of nitrogens with zero attached hydrogens (tertiary/aromatic N) is 6. The SMILES string of the molecule is [C-]#[N+]c1cccc(-c2cccc(-c3cc(-c4cccc(-c5cccc(C#N)n5)c4)cc(-c4cccc(-c5cccc(C#N)n5)c4)c3)c2)n1. The standard InChI is InChI=1S/C42H24N6/c1-45-42-19-7-18-41(48-42)33-13-4-10-30(22-33)36-24-34(28-8-2-11-31(20-28)39-16-5-14-37(26-43)46-39)23-35(25-36)29-9-3-12-32(21-29)40-17-6-15-38(27-44)47-40/h2-25H. The summed E-state index contributed by atoms with van der Waals surface area (Å²) in [5, 5.41) is 18.8. The Kier molecular flexibility index (Phi) is 8.01. The van der Waals surface area contributed by atoms with Crippen molar-refractivity contribution in [2.45, 2.75) is 0 Å². The smallest absolute Gasteiger partial charge is 0.270 e. The van der Waals surface area contributed by atoms with Gasteiger partial charge in [0.25, 0.3) is 5.82 Å². The van der Waals surface area contributed by atoms with Gasteiger partial charge in [0.05, 0.1) is 11.4 Å². The number of benzene rings is 4. The summed E-state index contributed by atoms with van der Waals surface area (Å²) in [5.74, 6) is 0.353. The van der Waals surface area contributed by atoms with E-state index in [9.17, 15) is 10.5 Å². The largest absolute Gasteiger partial charge is 0.361 e. The zero-order valence-electron chi connectivity index (χ0n) is 25.5. The van der Waals surface area contributed by atoms with Crippen LogP contribution in [0.2, 0.25) is 0 Å². The summed E-state index contributed by atoms with van der Waals surface area (Å²) in [6, 6.07) is 51.7. The van der Waals surface area contributed by atoms with Gasteiger partial charge in [-0.05, 0) is 106 Å². The quantitative estimate of drug-likeness (QED) is 0.174. The zero-order chi connectivity index (χ0) is 32.9. The summed E-state index contributed by atoms with van der Waals surface area (Å²) in [6.45, 7) is 7.40. The minimum Gasteiger partial charge on any atom is -0.361 e. The van der Waals surface area contributed by atoms with E-state index in [1.165, 1.54) is 0 Å². The number of pyridine rings is 3. The Morgan fingerprint density at radius 2 is 0.729 bits per heavy atom. The van der Waals surface area contributed by atoms with Gasteiger partial charge in [0.1, 0.15) is 23.5 Å². The number of aromatic nitrogens is 3. The van der Waals surface area contributed by atoms with Crippen molar-refractivity contribution in [3.8, 4) is 79.3 Å². The van der Waals surface area contributed by atoms with Crippen molar-refractivity contribution in [1.82, 2.24) is 15.0 Å². The van der Waals surface area contributed by atoms with Crippen LogP contribution in [-0.2, 0) is 0 Å². The van der Waals surface area contributed by atoms with Crippen molar-refractivity contribution in [1.29, 1.82) is 10.5 Å². The van der Waals surface area contributed by atoms with E-state index in [1.54, 1.807) is 18.2 Å². The van der Waals surface area contributed by atoms with Crippen LogP contribution in [0.15, 0.2) is 146 Å². The van der Waals surface area contributed by atoms with E-state index in [-0.39, 0.29) is 0 Å². The second-order valence-electron chi connectivity index (χ2n) is 11.1. The van der Waals surface area contributed by atoms with Gasteiger partial charge >= 0.3 is 0 Å². The summed E-state index contributed by atoms with van der Waals surface area (Å²) in [5.41, 5.74) is 11.7. The van der Waals surface area contributed by atoms with Crippen molar-refractivity contribution in [2.24, 2.45) is 0 Å². The van der Waals surface area contributed by atoms with E-state index in [0.717, 1.165) is 67.2 Å². The molecule has 0 fully saturated rings. The molecule has 0 atom stereocenters. The lowest BCUT2D eigenvalue weighted by molar-refractivity contribution is 1.26. The molecule has 0 N–H and O–H groups in total. The third-order valence-electron chi connectivity index (χ3n) is 7.98. The summed E-state index contributed by atoms with van der Waals surface area (Å²) < 4.78 is 0. The minimum absolute atomic E-state index is 0.353. The molecule has 48 heavy (non-hydrogen) atoms. The van der Waals surface area contributed by atoms with Crippen LogP contribution >= 0.6 is 0 Å². The average molecular weight is 613 g/mol. The van der Waals surface area contributed by atoms with Crippen molar-refractivity contribution < 1.29 is 0 Å². The molecule has 0 aliphatic carbocycles. The number of nitriles is 2. The van der Waals surface area contributed by atoms with Crippen molar-refractivity contribution >= 4 is 5.82 Å². The van der Waals surface area contributed by atoms with Crippen LogP contribution in [0, 0.1) is 29.2 Å². The van der Waals surface area contributed by atoms with Gasteiger partial charge in [0.15, 0.2) is 5.69 Å². The Bertz CT molecular complexity index is 2170. The molecule has 0 amide bonds. The maximum Gasteiger partial charge on any atom is 0.270 e. The van der Waals surface area contributed by atoms with Crippen LogP contribution in [0.1, 0.15) is 11.4 Å². The maximum absolute atomic E-state index is 9.41. The molecule has 3 aromatic heterocycles. The zero-order valence-corrected chi connectivity index (χ0v) is 25.5. The van der Waals surface area contributed by atoms with Crippen LogP contribution < -0.4 is 0 Å². The lowest BCUT2D eigenvalue weighted by Crippen LogP contribution is -1.91. The van der Waals surface area contributed by atoms with E-state index in [4.69, 9.17) is 6.57 Å². The van der Waals surface area contributed by atoms with Crippen LogP contribution in [0.5, 0.6) is 0 Å². The van der Waals surface area contributed by atoms with Gasteiger partial charge in [0.2, 0.25) is 0 Å². The van der Waals surface area contributed by atoms with Gasteiger partial charge in [0, 0.05) is 16.7 Å². The fraction of sp³-hybridized carbons (Fsp3) is 0. The number of hydrogen-bond donors (Lipinski definition) is 0. The average Bonchev–Trinajstić information content (AvgIpc) is 3.18. The molecule has 0 unspecified atom stereocenters. The highest BCUT2D eigenvalue weighted by Gasteiger charge is 2.13. The van der Waals surface area contributed by atoms with Crippen molar-refractivity contribution in [3.05, 3.63) is 168 Å². The first-order valence-corrected chi connectivity index (χ1v) is 15.2. The lowest BCUT2D eigenvalue weighted by Gasteiger charge is -2.13. The van der Waals surface area contributed by atoms with Gasteiger partial charge < -0.3 is 4.85 Å². The highest BCUT2D eigenvalue weighted by Crippen LogP contribution is 2.36. The van der Waals surface area contributed by atoms with Crippen LogP contribution in [0.25, 0.3) is 72.0 Å². The Morgan fingerprint density at radius 3 is 1.12 bits per heavy atom. The van der Waals surface area contributed by atoms with Crippen LogP contribution in [-0.4, -0.2) is 15.0 Å². The third kappa shape index (κ3) is 6.17. The Hall–Kier alpha value is -7.20. The molecule has 0 aliphatic heterocycles. The summed E-state index contributed by atoms with van der Waals surface area (Å²) in [6.07, 6.45) is 0. The second kappa shape index (κ2) is 13.0. The van der Waals surface area contributed by atoms with E-state index >= 15 is 0 Å². The Morgan fingerprint density at radius 1 is 0.396 bits per heavy atom. The molecule has 0 radical (unpaired) electrons. The number of rotatable bonds is 6. The van der Waals surface area contributed by atoms with Gasteiger partial charge in [-0.1, -0.05) is 79.4 Å². The molecule has 0 spiro atoms. The maximum atomic E-state index is 9.41. The van der Waals surface area contributed by atoms with Crippen LogP contribution in [0.4, 0.5) is 5.82 Å². The summed E-state index contributed by atoms with van der Waals surface area (Å²) >= 11 is 0. The minimum atomic E-state index is 0.353. The van der Waals surface area contributed by atoms with Gasteiger partial charge in [-0.15, -0.1) is 4.98 Å². The van der Waals surface area contributed by atoms with E-state index in [0.29, 0.717) is 17.2 Å². The van der Waals surface area contributed by atoms with E-state index in [1.807, 2.05) is 72.8 Å². The fourth-order valence-electron chi connectivity index (χ4n) is 5.66. The molecule has 6 nitrogen and oxygen atoms in total. The van der Waals surface area contributed by atoms with Crippen molar-refractivity contribution in [2.75, 3.05) is 0 Å². The first-order valence-electron chi connectivity index (χ1n) is 15.2. The molecule has 0 bridgehead atoms. The third-order valence-corrected chi connectivity index (χ3v) is 7.98. The molecule has 3 heterocycles. The molecular formula is C42H24N6. The predicted octanol–water partition coefficient (Wildman–Crippen LogP) is 10.2. The molecule has 222 valence electrons. The first-order chi connectivity index (χ1) is 23.6. The van der Waals surface area contributed by atoms with Gasteiger partial charge in [-0.25, -0.2) is 9.97 Å². The molecule has 0 saturated heterocycles. The highest BCUT2D eigenvalue weighted by atomic mass is 14.9. The lowest BCUT2D eigenvalue weighted by atomic mass is 9.91. The molecule has 7 rings (SSSR count). The number of hydrogen-bond acceptors (Lipinski definition) is 5. The Balaban J connectivity index is 1.38. The van der Waals surface area contributed by atoms with E-state index < -0.39 is 0 Å². The summed E-state index contributed by atoms with van der Waals surface area (Å²) in [7, 11) is 0. The first kappa shape index (κ1) is 29.5. The summed E-state index contributed by atoms with van der Waals surface area (Å²) in [4.78, 5) is 17.1. The molecule has 0 saturated carbocycles. The predicted molar refractivity (Wildman–Crippen MR) is 188 cm³/mol. The Labute approximate surface area is 278 Å². The second-order valence-corrected chi connectivity index (χ2v) is 11.1. The highest BCUT2D eigenvalue weighted by molar-refractivity contribution is 5.84. The molecule has 0 aliphatic rings. The topological polar surface area (TPSA) is 90.6 Å². The molecular weight excluding hydrogens is 589 g/mol. The van der Waals surface area contributed by atoms with Gasteiger partial charge in [-0.3, -0.25) is 0 Å². The van der Waals surface area contributed by atoms with Gasteiger partial charge in [-0.2, -0.15) is 10.5 Å². The van der Waals surface area contributed by atoms with Crippen molar-refractivity contribution in [3.63, 3.8) is 0 Å². The molecule has 6 heteroatoms. The van der Waals surface area contributed by atoms with E-state index in [2.05, 4.69) is 86.5 Å². The normalized spacial score (nSPS) is 10.4. The molecule has 4 aromatic carbocycles. The monoisotopic (exact) mass is 612 g/mol. The molecule has 7 aromatic rings. The van der Waals surface area contributed by atoms with Crippen LogP contribution in [0.3, 0.4) is 0 Å².